The van der Waals surface area contributed by atoms with Crippen LogP contribution in [0.25, 0.3) is 0 Å². The fraction of sp³-hybridized carbons (Fsp3) is 0.250. The molecule has 1 aromatic heterocycles. The molecule has 1 aliphatic carbocycles. The number of aromatic nitrogens is 4. The van der Waals surface area contributed by atoms with Crippen molar-refractivity contribution in [2.45, 2.75) is 44.6 Å². The number of hydrogen-bond donors (Lipinski definition) is 4. The van der Waals surface area contributed by atoms with Crippen molar-refractivity contribution < 1.29 is 9.59 Å². The van der Waals surface area contributed by atoms with Gasteiger partial charge in [-0.15, -0.1) is 5.10 Å². The molecule has 10 nitrogen and oxygen atoms in total. The first kappa shape index (κ1) is 24.9. The van der Waals surface area contributed by atoms with Gasteiger partial charge in [-0.3, -0.25) is 15.0 Å². The Morgan fingerprint density at radius 1 is 0.947 bits per heavy atom. The predicted molar refractivity (Wildman–Crippen MR) is 147 cm³/mol. The lowest BCUT2D eigenvalue weighted by atomic mass is 9.84. The summed E-state index contributed by atoms with van der Waals surface area (Å²) in [5.41, 5.74) is 10.5. The summed E-state index contributed by atoms with van der Waals surface area (Å²) in [7, 11) is 0. The van der Waals surface area contributed by atoms with Crippen molar-refractivity contribution in [3.8, 4) is 0 Å². The molecule has 5 N–H and O–H groups in total. The van der Waals surface area contributed by atoms with E-state index in [0.29, 0.717) is 29.4 Å². The summed E-state index contributed by atoms with van der Waals surface area (Å²) in [5.74, 6) is 0.325. The minimum atomic E-state index is -0.354. The average Bonchev–Trinajstić information content (AvgIpc) is 3.46. The second-order valence-corrected chi connectivity index (χ2v) is 9.45. The number of tetrazole rings is 1. The number of nitrogen functional groups attached to an aromatic ring is 1. The van der Waals surface area contributed by atoms with Crippen molar-refractivity contribution in [1.82, 2.24) is 20.6 Å². The monoisotopic (exact) mass is 510 g/mol. The largest absolute Gasteiger partial charge is 0.399 e. The smallest absolute Gasteiger partial charge is 0.326 e. The Morgan fingerprint density at radius 2 is 1.71 bits per heavy atom. The Hall–Kier alpha value is -4.73. The van der Waals surface area contributed by atoms with Crippen molar-refractivity contribution in [2.75, 3.05) is 21.3 Å². The van der Waals surface area contributed by atoms with E-state index in [4.69, 9.17) is 5.73 Å². The lowest BCUT2D eigenvalue weighted by Gasteiger charge is -2.26. The lowest BCUT2D eigenvalue weighted by Crippen LogP contribution is -2.34. The number of anilines is 4. The van der Waals surface area contributed by atoms with E-state index < -0.39 is 0 Å². The molecule has 0 atom stereocenters. The van der Waals surface area contributed by atoms with Crippen LogP contribution in [0, 0.1) is 0 Å². The number of H-pyrrole nitrogens is 1. The molecule has 0 radical (unpaired) electrons. The highest BCUT2D eigenvalue weighted by Crippen LogP contribution is 2.33. The molecule has 1 saturated carbocycles. The van der Waals surface area contributed by atoms with Gasteiger partial charge in [-0.1, -0.05) is 54.7 Å². The molecule has 5 rings (SSSR count). The molecule has 3 aromatic carbocycles. The Labute approximate surface area is 220 Å². The van der Waals surface area contributed by atoms with Crippen LogP contribution in [0.5, 0.6) is 0 Å². The van der Waals surface area contributed by atoms with E-state index >= 15 is 0 Å². The quantitative estimate of drug-likeness (QED) is 0.248. The van der Waals surface area contributed by atoms with Gasteiger partial charge in [0.1, 0.15) is 0 Å². The van der Waals surface area contributed by atoms with Crippen molar-refractivity contribution >= 4 is 34.9 Å². The van der Waals surface area contributed by atoms with Gasteiger partial charge in [-0.2, -0.15) is 5.21 Å². The summed E-state index contributed by atoms with van der Waals surface area (Å²) in [4.78, 5) is 27.6. The number of hydrogen-bond acceptors (Lipinski definition) is 6. The fourth-order valence-corrected chi connectivity index (χ4v) is 4.78. The number of nitrogens with zero attached hydrogens (tertiary/aromatic N) is 4. The maximum atomic E-state index is 13.5. The van der Waals surface area contributed by atoms with Gasteiger partial charge in [-0.25, -0.2) is 4.79 Å². The lowest BCUT2D eigenvalue weighted by molar-refractivity contribution is 0.102. The number of carbonyl (C=O) groups is 2. The van der Waals surface area contributed by atoms with Gasteiger partial charge < -0.3 is 11.1 Å². The van der Waals surface area contributed by atoms with Crippen LogP contribution in [-0.2, 0) is 6.54 Å². The van der Waals surface area contributed by atoms with Gasteiger partial charge in [-0.05, 0) is 77.6 Å². The van der Waals surface area contributed by atoms with Gasteiger partial charge in [0.15, 0.2) is 0 Å². The number of nitrogens with two attached hydrogens (primary N) is 1. The average molecular weight is 511 g/mol. The SMILES string of the molecule is Nc1cccc(NC(=O)N(Cc2ccc(C(=O)Nc3nn[nH]n3)cc2)c2ccc(C3CCCCC3)cc2)c1. The molecular formula is C28H30N8O2. The Balaban J connectivity index is 1.35. The van der Waals surface area contributed by atoms with Crippen molar-refractivity contribution in [3.63, 3.8) is 0 Å². The number of amides is 3. The Kier molecular flexibility index (Phi) is 7.58. The van der Waals surface area contributed by atoms with Gasteiger partial charge in [0, 0.05) is 22.6 Å². The highest BCUT2D eigenvalue weighted by molar-refractivity contribution is 6.03. The molecule has 194 valence electrons. The topological polar surface area (TPSA) is 142 Å². The maximum absolute atomic E-state index is 13.5. The van der Waals surface area contributed by atoms with E-state index in [9.17, 15) is 9.59 Å². The van der Waals surface area contributed by atoms with Gasteiger partial charge in [0.2, 0.25) is 0 Å². The third kappa shape index (κ3) is 6.15. The number of nitrogens with one attached hydrogen (secondary N) is 3. The Bertz CT molecular complexity index is 1370. The van der Waals surface area contributed by atoms with E-state index in [0.717, 1.165) is 11.3 Å². The van der Waals surface area contributed by atoms with Crippen molar-refractivity contribution in [1.29, 1.82) is 0 Å². The zero-order valence-corrected chi connectivity index (χ0v) is 20.9. The first-order valence-corrected chi connectivity index (χ1v) is 12.7. The number of benzene rings is 3. The van der Waals surface area contributed by atoms with Gasteiger partial charge in [0.05, 0.1) is 6.54 Å². The van der Waals surface area contributed by atoms with E-state index in [1.807, 2.05) is 24.3 Å². The minimum Gasteiger partial charge on any atom is -0.399 e. The number of rotatable bonds is 7. The predicted octanol–water partition coefficient (Wildman–Crippen LogP) is 5.32. The maximum Gasteiger partial charge on any atom is 0.326 e. The first-order chi connectivity index (χ1) is 18.5. The van der Waals surface area contributed by atoms with Crippen molar-refractivity contribution in [2.24, 2.45) is 0 Å². The second-order valence-electron chi connectivity index (χ2n) is 9.45. The molecule has 0 aliphatic heterocycles. The van der Waals surface area contributed by atoms with Crippen LogP contribution in [0.2, 0.25) is 0 Å². The van der Waals surface area contributed by atoms with E-state index in [1.54, 1.807) is 41.3 Å². The molecule has 1 fully saturated rings. The third-order valence-electron chi connectivity index (χ3n) is 6.79. The first-order valence-electron chi connectivity index (χ1n) is 12.7. The van der Waals surface area contributed by atoms with Crippen molar-refractivity contribution in [3.05, 3.63) is 89.5 Å². The number of carbonyl (C=O) groups excluding carboxylic acids is 2. The summed E-state index contributed by atoms with van der Waals surface area (Å²) in [6.07, 6.45) is 6.27. The normalized spacial score (nSPS) is 13.6. The summed E-state index contributed by atoms with van der Waals surface area (Å²) in [6, 6.07) is 22.1. The third-order valence-corrected chi connectivity index (χ3v) is 6.79. The molecule has 1 aliphatic rings. The van der Waals surface area contributed by atoms with Crippen LogP contribution < -0.4 is 21.3 Å². The molecule has 0 spiro atoms. The molecule has 3 amide bonds. The van der Waals surface area contributed by atoms with Crippen LogP contribution in [0.3, 0.4) is 0 Å². The molecule has 0 unspecified atom stereocenters. The van der Waals surface area contributed by atoms with E-state index in [-0.39, 0.29) is 17.9 Å². The summed E-state index contributed by atoms with van der Waals surface area (Å²) < 4.78 is 0. The number of urea groups is 1. The molecule has 1 heterocycles. The van der Waals surface area contributed by atoms with Gasteiger partial charge >= 0.3 is 6.03 Å². The Morgan fingerprint density at radius 3 is 2.39 bits per heavy atom. The molecule has 38 heavy (non-hydrogen) atoms. The molecule has 10 heteroatoms. The highest BCUT2D eigenvalue weighted by atomic mass is 16.2. The van der Waals surface area contributed by atoms with Gasteiger partial charge in [0.25, 0.3) is 11.9 Å². The zero-order valence-electron chi connectivity index (χ0n) is 20.9. The number of aromatic amines is 1. The zero-order chi connectivity index (χ0) is 26.3. The van der Waals surface area contributed by atoms with Crippen LogP contribution >= 0.6 is 0 Å². The van der Waals surface area contributed by atoms with E-state index in [1.165, 1.54) is 37.7 Å². The molecular weight excluding hydrogens is 480 g/mol. The summed E-state index contributed by atoms with van der Waals surface area (Å²) >= 11 is 0. The highest BCUT2D eigenvalue weighted by Gasteiger charge is 2.20. The summed E-state index contributed by atoms with van der Waals surface area (Å²) in [6.45, 7) is 0.309. The van der Waals surface area contributed by atoms with Crippen LogP contribution in [0.4, 0.5) is 27.8 Å². The fourth-order valence-electron chi connectivity index (χ4n) is 4.78. The second kappa shape index (κ2) is 11.5. The molecule has 0 saturated heterocycles. The van der Waals surface area contributed by atoms with E-state index in [2.05, 4.69) is 43.4 Å². The molecule has 0 bridgehead atoms. The summed E-state index contributed by atoms with van der Waals surface area (Å²) in [5, 5.41) is 18.7. The van der Waals surface area contributed by atoms with Crippen LogP contribution in [-0.4, -0.2) is 32.6 Å². The minimum absolute atomic E-state index is 0.0974. The standard InChI is InChI=1S/C28H30N8O2/c29-23-7-4-8-24(17-23)30-28(38)36(25-15-13-21(14-16-25)20-5-2-1-3-6-20)18-19-9-11-22(12-10-19)26(37)31-27-32-34-35-33-27/h4,7-17,20H,1-3,5-6,18,29H2,(H,30,38)(H2,31,32,33,34,35,37). The van der Waals surface area contributed by atoms with Crippen LogP contribution in [0.15, 0.2) is 72.8 Å². The molecule has 4 aromatic rings. The van der Waals surface area contributed by atoms with Crippen LogP contribution in [0.1, 0.15) is 59.5 Å².